The molecule has 2 aliphatic carbocycles. The summed E-state index contributed by atoms with van der Waals surface area (Å²) in [4.78, 5) is 70.3. The van der Waals surface area contributed by atoms with Crippen molar-refractivity contribution in [2.45, 2.75) is 101 Å². The fraction of sp³-hybridized carbons (Fsp3) is 0.532. The average Bonchev–Trinajstić information content (AvgIpc) is 4.13. The minimum atomic E-state index is -2.85. The van der Waals surface area contributed by atoms with E-state index in [1.54, 1.807) is 41.2 Å². The standard InChI is InChI=1S/C47H52F2N8O7/c48-42(49)40-35(51-43(59)33-5-1-3-28-17-38(64-41(28)33)55-23-31-18-30(55)25-63-31)24-56(53-40)29-9-7-26(8-10-29)22-54-15-13-47(14-16-54)19-27(20-47)21-50-34-6-2-4-32-39(34)46(62)57(45(32)61)36-11-12-37(58)52-44(36)60/h1-6,17,24,26-27,29-31,36,42,50H,7-16,18-23,25H2,(H,51,59)(H,52,58,60)/t26?,29?,30?,31-,36?/m1/s1. The number of halogens is 2. The number of amides is 5. The van der Waals surface area contributed by atoms with E-state index in [1.807, 2.05) is 12.1 Å². The van der Waals surface area contributed by atoms with E-state index in [0.29, 0.717) is 53.1 Å². The van der Waals surface area contributed by atoms with Crippen molar-refractivity contribution in [1.29, 1.82) is 0 Å². The molecule has 15 nitrogen and oxygen atoms in total. The summed E-state index contributed by atoms with van der Waals surface area (Å²) >= 11 is 0. The molecule has 6 fully saturated rings. The molecule has 3 N–H and O–H groups in total. The lowest BCUT2D eigenvalue weighted by molar-refractivity contribution is -0.136. The van der Waals surface area contributed by atoms with Gasteiger partial charge in [0, 0.05) is 49.4 Å². The zero-order valence-corrected chi connectivity index (χ0v) is 35.5. The summed E-state index contributed by atoms with van der Waals surface area (Å²) in [5.74, 6) is -0.906. The Hall–Kier alpha value is -5.68. The molecular formula is C47H52F2N8O7. The van der Waals surface area contributed by atoms with Gasteiger partial charge in [0.2, 0.25) is 11.8 Å². The number of alkyl halides is 2. The monoisotopic (exact) mass is 878 g/mol. The molecule has 2 saturated carbocycles. The van der Waals surface area contributed by atoms with Crippen molar-refractivity contribution in [2.24, 2.45) is 17.3 Å². The average molecular weight is 879 g/mol. The van der Waals surface area contributed by atoms with Crippen molar-refractivity contribution in [1.82, 2.24) is 24.9 Å². The van der Waals surface area contributed by atoms with Gasteiger partial charge in [-0.15, -0.1) is 0 Å². The van der Waals surface area contributed by atoms with Gasteiger partial charge in [0.15, 0.2) is 11.6 Å². The van der Waals surface area contributed by atoms with Gasteiger partial charge in [-0.25, -0.2) is 8.78 Å². The number of nitrogens with one attached hydrogen (secondary N) is 3. The molecule has 7 heterocycles. The second-order valence-electron chi connectivity index (χ2n) is 19.3. The summed E-state index contributed by atoms with van der Waals surface area (Å²) in [7, 11) is 0. The number of hydrogen-bond donors (Lipinski definition) is 3. The molecule has 64 heavy (non-hydrogen) atoms. The third-order valence-electron chi connectivity index (χ3n) is 15.3. The molecular weight excluding hydrogens is 827 g/mol. The van der Waals surface area contributed by atoms with Gasteiger partial charge in [-0.1, -0.05) is 18.2 Å². The summed E-state index contributed by atoms with van der Waals surface area (Å²) in [6.07, 6.45) is 8.12. The second-order valence-corrected chi connectivity index (χ2v) is 19.3. The summed E-state index contributed by atoms with van der Waals surface area (Å²) in [6.45, 7) is 5.17. The Labute approximate surface area is 368 Å². The van der Waals surface area contributed by atoms with Crippen molar-refractivity contribution < 1.29 is 41.9 Å². The highest BCUT2D eigenvalue weighted by Crippen LogP contribution is 2.53. The molecule has 3 atom stereocenters. The minimum absolute atomic E-state index is 0.0182. The van der Waals surface area contributed by atoms with Crippen LogP contribution in [0.15, 0.2) is 53.1 Å². The number of furan rings is 1. The third-order valence-corrected chi connectivity index (χ3v) is 15.3. The van der Waals surface area contributed by atoms with Gasteiger partial charge in [-0.05, 0) is 113 Å². The van der Waals surface area contributed by atoms with Gasteiger partial charge in [0.25, 0.3) is 24.1 Å². The molecule has 4 aromatic rings. The fourth-order valence-corrected chi connectivity index (χ4v) is 11.9. The van der Waals surface area contributed by atoms with Crippen LogP contribution >= 0.6 is 0 Å². The molecule has 2 unspecified atom stereocenters. The Morgan fingerprint density at radius 3 is 2.47 bits per heavy atom. The van der Waals surface area contributed by atoms with E-state index in [1.165, 1.54) is 0 Å². The first kappa shape index (κ1) is 41.1. The molecule has 336 valence electrons. The number of nitrogens with zero attached hydrogens (tertiary/aromatic N) is 5. The number of ether oxygens (including phenoxy) is 1. The third kappa shape index (κ3) is 7.33. The number of anilines is 3. The van der Waals surface area contributed by atoms with Crippen LogP contribution in [0.4, 0.5) is 26.0 Å². The number of aromatic nitrogens is 2. The fourth-order valence-electron chi connectivity index (χ4n) is 11.9. The van der Waals surface area contributed by atoms with Crippen molar-refractivity contribution in [2.75, 3.05) is 54.9 Å². The van der Waals surface area contributed by atoms with Crippen LogP contribution in [-0.2, 0) is 14.3 Å². The molecule has 2 bridgehead atoms. The number of imide groups is 2. The highest BCUT2D eigenvalue weighted by atomic mass is 19.3. The van der Waals surface area contributed by atoms with Crippen LogP contribution in [0.2, 0.25) is 0 Å². The number of benzene rings is 2. The first-order valence-corrected chi connectivity index (χ1v) is 22.9. The highest BCUT2D eigenvalue weighted by molar-refractivity contribution is 6.25. The van der Waals surface area contributed by atoms with Crippen LogP contribution in [-0.4, -0.2) is 107 Å². The second kappa shape index (κ2) is 16.1. The summed E-state index contributed by atoms with van der Waals surface area (Å²) in [5, 5.41) is 13.5. The maximum atomic E-state index is 14.3. The van der Waals surface area contributed by atoms with E-state index in [-0.39, 0.29) is 47.8 Å². The summed E-state index contributed by atoms with van der Waals surface area (Å²) in [6, 6.07) is 11.6. The van der Waals surface area contributed by atoms with Crippen LogP contribution in [0.25, 0.3) is 11.0 Å². The number of carbonyl (C=O) groups excluding carboxylic acids is 5. The predicted octanol–water partition coefficient (Wildman–Crippen LogP) is 6.53. The molecule has 1 spiro atoms. The predicted molar refractivity (Wildman–Crippen MR) is 230 cm³/mol. The van der Waals surface area contributed by atoms with Crippen molar-refractivity contribution in [3.63, 3.8) is 0 Å². The van der Waals surface area contributed by atoms with Gasteiger partial charge in [-0.3, -0.25) is 38.9 Å². The number of likely N-dealkylation sites (tertiary alicyclic amines) is 1. The van der Waals surface area contributed by atoms with Crippen molar-refractivity contribution >= 4 is 57.8 Å². The number of morpholine rings is 1. The maximum absolute atomic E-state index is 14.3. The van der Waals surface area contributed by atoms with Gasteiger partial charge >= 0.3 is 0 Å². The highest BCUT2D eigenvalue weighted by Gasteiger charge is 2.48. The molecule has 5 amide bonds. The van der Waals surface area contributed by atoms with Gasteiger partial charge in [-0.2, -0.15) is 5.10 Å². The maximum Gasteiger partial charge on any atom is 0.284 e. The molecule has 4 saturated heterocycles. The van der Waals surface area contributed by atoms with Crippen LogP contribution in [0.5, 0.6) is 0 Å². The van der Waals surface area contributed by atoms with E-state index >= 15 is 0 Å². The van der Waals surface area contributed by atoms with E-state index in [0.717, 1.165) is 94.3 Å². The number of piperidine rings is 2. The Bertz CT molecular complexity index is 2530. The Morgan fingerprint density at radius 2 is 1.73 bits per heavy atom. The van der Waals surface area contributed by atoms with E-state index in [9.17, 15) is 32.8 Å². The van der Waals surface area contributed by atoms with Crippen molar-refractivity contribution in [3.8, 4) is 0 Å². The number of para-hydroxylation sites is 1. The van der Waals surface area contributed by atoms with Crippen LogP contribution < -0.4 is 20.9 Å². The van der Waals surface area contributed by atoms with E-state index in [4.69, 9.17) is 9.15 Å². The minimum Gasteiger partial charge on any atom is -0.440 e. The molecule has 17 heteroatoms. The molecule has 5 aliphatic heterocycles. The van der Waals surface area contributed by atoms with Crippen molar-refractivity contribution in [3.05, 3.63) is 71.0 Å². The largest absolute Gasteiger partial charge is 0.440 e. The van der Waals surface area contributed by atoms with Crippen LogP contribution in [0.3, 0.4) is 0 Å². The molecule has 2 aromatic carbocycles. The topological polar surface area (TPSA) is 171 Å². The molecule has 11 rings (SSSR count). The Kier molecular flexibility index (Phi) is 10.3. The first-order chi connectivity index (χ1) is 31.0. The number of carbonyl (C=O) groups is 5. The smallest absolute Gasteiger partial charge is 0.284 e. The lowest BCUT2D eigenvalue weighted by Gasteiger charge is -2.53. The van der Waals surface area contributed by atoms with Gasteiger partial charge in [0.05, 0.1) is 47.2 Å². The Morgan fingerprint density at radius 1 is 0.938 bits per heavy atom. The number of rotatable bonds is 11. The van der Waals surface area contributed by atoms with Crippen LogP contribution in [0.1, 0.15) is 120 Å². The van der Waals surface area contributed by atoms with E-state index < -0.39 is 47.7 Å². The SMILES string of the molecule is O=C1CCC(N2C(=O)c3cccc(NCC4CC5(CCN(CC6CCC(n7cc(NC(=O)c8cccc9cc(N%10C[C@H]%11CC%10CO%11)oc89)c(C(F)F)n7)CC6)CC5)C4)c3C2=O)C(=O)N1. The van der Waals surface area contributed by atoms with Gasteiger partial charge in [0.1, 0.15) is 11.6 Å². The lowest BCUT2D eigenvalue weighted by Crippen LogP contribution is -2.54. The van der Waals surface area contributed by atoms with E-state index in [2.05, 4.69) is 30.8 Å². The zero-order chi connectivity index (χ0) is 43.9. The summed E-state index contributed by atoms with van der Waals surface area (Å²) in [5.41, 5.74) is 1.77. The first-order valence-electron chi connectivity index (χ1n) is 22.9. The zero-order valence-electron chi connectivity index (χ0n) is 35.5. The Balaban J connectivity index is 0.646. The lowest BCUT2D eigenvalue weighted by atomic mass is 9.57. The number of fused-ring (bicyclic) bond motifs is 4. The normalized spacial score (nSPS) is 26.9. The van der Waals surface area contributed by atoms with Crippen LogP contribution in [0, 0.1) is 17.3 Å². The molecule has 2 aromatic heterocycles. The van der Waals surface area contributed by atoms with Gasteiger partial charge < -0.3 is 29.6 Å². The quantitative estimate of drug-likeness (QED) is 0.140. The molecule has 0 radical (unpaired) electrons. The number of hydrogen-bond acceptors (Lipinski definition) is 11. The summed E-state index contributed by atoms with van der Waals surface area (Å²) < 4.78 is 42.3. The molecule has 7 aliphatic rings.